The molecule has 2 rings (SSSR count). The van der Waals surface area contributed by atoms with Crippen molar-refractivity contribution in [2.75, 3.05) is 5.32 Å². The summed E-state index contributed by atoms with van der Waals surface area (Å²) < 4.78 is 0. The number of carbonyl (C=O) groups excluding carboxylic acids is 1. The monoisotopic (exact) mass is 280 g/mol. The number of rotatable bonds is 2. The SMILES string of the molecule is Cc1ccnc(NC(=O)c2cccc(Cl)c2Cl)c1. The van der Waals surface area contributed by atoms with Crippen LogP contribution in [0.3, 0.4) is 0 Å². The van der Waals surface area contributed by atoms with E-state index in [1.807, 2.05) is 13.0 Å². The van der Waals surface area contributed by atoms with Crippen LogP contribution in [0.4, 0.5) is 5.82 Å². The zero-order chi connectivity index (χ0) is 13.1. The first-order chi connectivity index (χ1) is 8.58. The van der Waals surface area contributed by atoms with E-state index in [1.54, 1.807) is 30.5 Å². The van der Waals surface area contributed by atoms with Crippen LogP contribution in [0, 0.1) is 6.92 Å². The fourth-order valence-electron chi connectivity index (χ4n) is 1.47. The lowest BCUT2D eigenvalue weighted by Crippen LogP contribution is -2.13. The van der Waals surface area contributed by atoms with E-state index in [0.29, 0.717) is 16.4 Å². The number of nitrogens with zero attached hydrogens (tertiary/aromatic N) is 1. The van der Waals surface area contributed by atoms with Crippen LogP contribution >= 0.6 is 23.2 Å². The number of amides is 1. The van der Waals surface area contributed by atoms with Gasteiger partial charge in [0.2, 0.25) is 0 Å². The fourth-order valence-corrected chi connectivity index (χ4v) is 1.85. The molecule has 18 heavy (non-hydrogen) atoms. The van der Waals surface area contributed by atoms with Crippen molar-refractivity contribution in [2.24, 2.45) is 0 Å². The summed E-state index contributed by atoms with van der Waals surface area (Å²) in [5.41, 5.74) is 1.34. The van der Waals surface area contributed by atoms with Gasteiger partial charge in [-0.15, -0.1) is 0 Å². The highest BCUT2D eigenvalue weighted by Gasteiger charge is 2.13. The number of benzene rings is 1. The van der Waals surface area contributed by atoms with Gasteiger partial charge in [-0.05, 0) is 36.8 Å². The molecule has 1 aromatic heterocycles. The lowest BCUT2D eigenvalue weighted by atomic mass is 10.2. The molecule has 0 saturated heterocycles. The number of nitrogens with one attached hydrogen (secondary N) is 1. The molecule has 1 amide bonds. The van der Waals surface area contributed by atoms with Crippen molar-refractivity contribution in [3.63, 3.8) is 0 Å². The van der Waals surface area contributed by atoms with Crippen LogP contribution in [0.15, 0.2) is 36.5 Å². The van der Waals surface area contributed by atoms with Crippen LogP contribution in [-0.4, -0.2) is 10.9 Å². The zero-order valence-electron chi connectivity index (χ0n) is 9.58. The second kappa shape index (κ2) is 5.38. The van der Waals surface area contributed by atoms with Crippen molar-refractivity contribution < 1.29 is 4.79 Å². The minimum absolute atomic E-state index is 0.240. The molecule has 0 unspecified atom stereocenters. The lowest BCUT2D eigenvalue weighted by Gasteiger charge is -2.07. The van der Waals surface area contributed by atoms with Gasteiger partial charge in [0.05, 0.1) is 15.6 Å². The molecular weight excluding hydrogens is 271 g/mol. The molecule has 0 bridgehead atoms. The summed E-state index contributed by atoms with van der Waals surface area (Å²) in [5, 5.41) is 3.26. The molecular formula is C13H10Cl2N2O. The van der Waals surface area contributed by atoms with Gasteiger partial charge in [0, 0.05) is 6.20 Å². The van der Waals surface area contributed by atoms with E-state index in [-0.39, 0.29) is 10.9 Å². The first kappa shape index (κ1) is 12.9. The van der Waals surface area contributed by atoms with Gasteiger partial charge in [0.1, 0.15) is 5.82 Å². The number of pyridine rings is 1. The third-order valence-corrected chi connectivity index (χ3v) is 3.17. The van der Waals surface area contributed by atoms with E-state index in [0.717, 1.165) is 5.56 Å². The Labute approximate surface area is 115 Å². The molecule has 0 spiro atoms. The van der Waals surface area contributed by atoms with Crippen molar-refractivity contribution in [1.82, 2.24) is 4.98 Å². The van der Waals surface area contributed by atoms with Gasteiger partial charge in [-0.1, -0.05) is 29.3 Å². The summed E-state index contributed by atoms with van der Waals surface area (Å²) in [4.78, 5) is 16.1. The maximum atomic E-state index is 12.0. The normalized spacial score (nSPS) is 10.2. The number of anilines is 1. The Hall–Kier alpha value is -1.58. The van der Waals surface area contributed by atoms with E-state index >= 15 is 0 Å². The zero-order valence-corrected chi connectivity index (χ0v) is 11.1. The smallest absolute Gasteiger partial charge is 0.258 e. The molecule has 0 atom stereocenters. The Morgan fingerprint density at radius 2 is 2.06 bits per heavy atom. The fraction of sp³-hybridized carbons (Fsp3) is 0.0769. The summed E-state index contributed by atoms with van der Waals surface area (Å²) in [6.45, 7) is 1.92. The highest BCUT2D eigenvalue weighted by molar-refractivity contribution is 6.44. The van der Waals surface area contributed by atoms with Crippen LogP contribution < -0.4 is 5.32 Å². The topological polar surface area (TPSA) is 42.0 Å². The van der Waals surface area contributed by atoms with Gasteiger partial charge in [-0.2, -0.15) is 0 Å². The molecule has 3 nitrogen and oxygen atoms in total. The van der Waals surface area contributed by atoms with Crippen LogP contribution in [0.25, 0.3) is 0 Å². The number of aromatic nitrogens is 1. The van der Waals surface area contributed by atoms with Crippen molar-refractivity contribution in [2.45, 2.75) is 6.92 Å². The average Bonchev–Trinajstić information content (AvgIpc) is 2.32. The van der Waals surface area contributed by atoms with E-state index < -0.39 is 0 Å². The van der Waals surface area contributed by atoms with Gasteiger partial charge in [0.25, 0.3) is 5.91 Å². The molecule has 0 aliphatic carbocycles. The molecule has 1 heterocycles. The highest BCUT2D eigenvalue weighted by atomic mass is 35.5. The van der Waals surface area contributed by atoms with E-state index in [2.05, 4.69) is 10.3 Å². The average molecular weight is 281 g/mol. The Morgan fingerprint density at radius 3 is 2.78 bits per heavy atom. The maximum Gasteiger partial charge on any atom is 0.258 e. The summed E-state index contributed by atoms with van der Waals surface area (Å²) in [7, 11) is 0. The Bertz CT molecular complexity index is 599. The summed E-state index contributed by atoms with van der Waals surface area (Å²) in [6.07, 6.45) is 1.63. The molecule has 92 valence electrons. The molecule has 0 radical (unpaired) electrons. The maximum absolute atomic E-state index is 12.0. The molecule has 0 aliphatic heterocycles. The van der Waals surface area contributed by atoms with Crippen LogP contribution in [0.5, 0.6) is 0 Å². The largest absolute Gasteiger partial charge is 0.307 e. The van der Waals surface area contributed by atoms with Gasteiger partial charge < -0.3 is 5.32 Å². The Balaban J connectivity index is 2.25. The first-order valence-corrected chi connectivity index (χ1v) is 6.01. The highest BCUT2D eigenvalue weighted by Crippen LogP contribution is 2.26. The number of hydrogen-bond donors (Lipinski definition) is 1. The molecule has 0 saturated carbocycles. The predicted molar refractivity (Wildman–Crippen MR) is 73.4 cm³/mol. The van der Waals surface area contributed by atoms with Gasteiger partial charge in [0.15, 0.2) is 0 Å². The lowest BCUT2D eigenvalue weighted by molar-refractivity contribution is 0.102. The predicted octanol–water partition coefficient (Wildman–Crippen LogP) is 3.95. The minimum Gasteiger partial charge on any atom is -0.307 e. The quantitative estimate of drug-likeness (QED) is 0.905. The summed E-state index contributed by atoms with van der Waals surface area (Å²) in [6, 6.07) is 8.54. The van der Waals surface area contributed by atoms with Crippen LogP contribution in [-0.2, 0) is 0 Å². The van der Waals surface area contributed by atoms with Gasteiger partial charge >= 0.3 is 0 Å². The number of halogens is 2. The number of hydrogen-bond acceptors (Lipinski definition) is 2. The minimum atomic E-state index is -0.333. The van der Waals surface area contributed by atoms with E-state index in [9.17, 15) is 4.79 Å². The van der Waals surface area contributed by atoms with E-state index in [4.69, 9.17) is 23.2 Å². The summed E-state index contributed by atoms with van der Waals surface area (Å²) >= 11 is 11.8. The molecule has 0 fully saturated rings. The van der Waals surface area contributed by atoms with Gasteiger partial charge in [-0.3, -0.25) is 4.79 Å². The van der Waals surface area contributed by atoms with Crippen molar-refractivity contribution in [3.05, 3.63) is 57.7 Å². The van der Waals surface area contributed by atoms with Crippen molar-refractivity contribution in [1.29, 1.82) is 0 Å². The van der Waals surface area contributed by atoms with Crippen LogP contribution in [0.1, 0.15) is 15.9 Å². The van der Waals surface area contributed by atoms with Crippen molar-refractivity contribution in [3.8, 4) is 0 Å². The van der Waals surface area contributed by atoms with Crippen molar-refractivity contribution >= 4 is 34.9 Å². The molecule has 1 N–H and O–H groups in total. The number of carbonyl (C=O) groups is 1. The third-order valence-electron chi connectivity index (χ3n) is 2.35. The summed E-state index contributed by atoms with van der Waals surface area (Å²) in [5.74, 6) is 0.150. The number of aryl methyl sites for hydroxylation is 1. The third kappa shape index (κ3) is 2.81. The second-order valence-corrected chi connectivity index (χ2v) is 4.56. The Morgan fingerprint density at radius 1 is 1.28 bits per heavy atom. The Kier molecular flexibility index (Phi) is 3.84. The standard InChI is InChI=1S/C13H10Cl2N2O/c1-8-5-6-16-11(7-8)17-13(18)9-3-2-4-10(14)12(9)15/h2-7H,1H3,(H,16,17,18). The molecule has 1 aromatic carbocycles. The second-order valence-electron chi connectivity index (χ2n) is 3.77. The van der Waals surface area contributed by atoms with E-state index in [1.165, 1.54) is 0 Å². The molecule has 2 aromatic rings. The van der Waals surface area contributed by atoms with Crippen LogP contribution in [0.2, 0.25) is 10.0 Å². The first-order valence-electron chi connectivity index (χ1n) is 5.26. The molecule has 5 heteroatoms. The van der Waals surface area contributed by atoms with Gasteiger partial charge in [-0.25, -0.2) is 4.98 Å². The molecule has 0 aliphatic rings.